The molecule has 1 heterocycles. The van der Waals surface area contributed by atoms with E-state index in [-0.39, 0.29) is 24.0 Å². The number of hydrogen-bond acceptors (Lipinski definition) is 6. The van der Waals surface area contributed by atoms with Crippen molar-refractivity contribution < 1.29 is 9.72 Å². The van der Waals surface area contributed by atoms with Crippen molar-refractivity contribution >= 4 is 23.2 Å². The van der Waals surface area contributed by atoms with E-state index in [1.54, 1.807) is 13.1 Å². The van der Waals surface area contributed by atoms with E-state index in [1.165, 1.54) is 18.0 Å². The highest BCUT2D eigenvalue weighted by atomic mass is 16.6. The van der Waals surface area contributed by atoms with Crippen molar-refractivity contribution in [3.05, 3.63) is 22.2 Å². The number of anilines is 2. The molecule has 0 aliphatic heterocycles. The van der Waals surface area contributed by atoms with Crippen molar-refractivity contribution in [2.24, 2.45) is 0 Å². The monoisotopic (exact) mass is 281 g/mol. The third-order valence-corrected chi connectivity index (χ3v) is 2.63. The van der Waals surface area contributed by atoms with E-state index in [0.717, 1.165) is 13.0 Å². The predicted octanol–water partition coefficient (Wildman–Crippen LogP) is 0.994. The lowest BCUT2D eigenvalue weighted by Crippen LogP contribution is -2.33. The van der Waals surface area contributed by atoms with Crippen molar-refractivity contribution in [1.29, 1.82) is 0 Å². The molecule has 0 unspecified atom stereocenters. The summed E-state index contributed by atoms with van der Waals surface area (Å²) in [5.41, 5.74) is -0.126. The number of amides is 1. The third-order valence-electron chi connectivity index (χ3n) is 2.63. The van der Waals surface area contributed by atoms with Crippen LogP contribution in [0.1, 0.15) is 13.3 Å². The summed E-state index contributed by atoms with van der Waals surface area (Å²) < 4.78 is 0. The first-order valence-corrected chi connectivity index (χ1v) is 6.30. The normalized spacial score (nSPS) is 9.95. The van der Waals surface area contributed by atoms with Gasteiger partial charge in [-0.05, 0) is 12.5 Å². The van der Waals surface area contributed by atoms with Gasteiger partial charge >= 0.3 is 5.69 Å². The van der Waals surface area contributed by atoms with E-state index in [9.17, 15) is 14.9 Å². The smallest absolute Gasteiger partial charge is 0.311 e. The molecule has 8 nitrogen and oxygen atoms in total. The number of nitro groups is 1. The summed E-state index contributed by atoms with van der Waals surface area (Å²) in [7, 11) is 3.10. The molecule has 0 bridgehead atoms. The Morgan fingerprint density at radius 1 is 1.50 bits per heavy atom. The zero-order valence-corrected chi connectivity index (χ0v) is 11.8. The molecule has 110 valence electrons. The molecule has 1 aromatic heterocycles. The second kappa shape index (κ2) is 7.27. The maximum Gasteiger partial charge on any atom is 0.311 e. The van der Waals surface area contributed by atoms with Gasteiger partial charge in [0.25, 0.3) is 0 Å². The van der Waals surface area contributed by atoms with Crippen LogP contribution >= 0.6 is 0 Å². The molecule has 0 spiro atoms. The summed E-state index contributed by atoms with van der Waals surface area (Å²) in [5.74, 6) is 0.478. The molecule has 0 radical (unpaired) electrons. The van der Waals surface area contributed by atoms with Crippen molar-refractivity contribution in [2.75, 3.05) is 37.4 Å². The first kappa shape index (κ1) is 15.7. The molecule has 0 fully saturated rings. The number of carbonyl (C=O) groups excluding carboxylic acids is 1. The molecule has 1 rings (SSSR count). The Morgan fingerprint density at radius 2 is 2.20 bits per heavy atom. The molecule has 0 aliphatic rings. The van der Waals surface area contributed by atoms with Crippen LogP contribution in [0.3, 0.4) is 0 Å². The number of carbonyl (C=O) groups is 1. The van der Waals surface area contributed by atoms with E-state index >= 15 is 0 Å². The Hall–Kier alpha value is -2.38. The van der Waals surface area contributed by atoms with E-state index < -0.39 is 4.92 Å². The predicted molar refractivity (Wildman–Crippen MR) is 77.0 cm³/mol. The number of aromatic nitrogens is 1. The zero-order chi connectivity index (χ0) is 15.1. The fourth-order valence-corrected chi connectivity index (χ4v) is 1.59. The molecule has 1 aromatic rings. The van der Waals surface area contributed by atoms with Crippen LogP contribution in [0, 0.1) is 10.1 Å². The lowest BCUT2D eigenvalue weighted by Gasteiger charge is -2.17. The van der Waals surface area contributed by atoms with E-state index in [2.05, 4.69) is 15.6 Å². The molecule has 8 heteroatoms. The Kier molecular flexibility index (Phi) is 5.70. The van der Waals surface area contributed by atoms with Crippen LogP contribution < -0.4 is 15.5 Å². The average Bonchev–Trinajstić information content (AvgIpc) is 2.44. The number of rotatable bonds is 7. The Balaban J connectivity index is 3.04. The van der Waals surface area contributed by atoms with Crippen LogP contribution in [-0.2, 0) is 4.79 Å². The van der Waals surface area contributed by atoms with Gasteiger partial charge in [0.05, 0.1) is 11.5 Å². The molecule has 0 saturated carbocycles. The van der Waals surface area contributed by atoms with Crippen LogP contribution in [0.2, 0.25) is 0 Å². The number of likely N-dealkylation sites (N-methyl/N-ethyl adjacent to an activating group) is 2. The van der Waals surface area contributed by atoms with Crippen LogP contribution in [-0.4, -0.2) is 43.0 Å². The van der Waals surface area contributed by atoms with Crippen molar-refractivity contribution in [1.82, 2.24) is 10.3 Å². The highest BCUT2D eigenvalue weighted by Gasteiger charge is 2.20. The van der Waals surface area contributed by atoms with Gasteiger partial charge in [0.2, 0.25) is 11.7 Å². The van der Waals surface area contributed by atoms with Gasteiger partial charge in [-0.25, -0.2) is 4.98 Å². The van der Waals surface area contributed by atoms with Gasteiger partial charge in [-0.2, -0.15) is 0 Å². The number of nitrogens with zero attached hydrogens (tertiary/aromatic N) is 3. The van der Waals surface area contributed by atoms with Crippen LogP contribution in [0.5, 0.6) is 0 Å². The summed E-state index contributed by atoms with van der Waals surface area (Å²) in [6.07, 6.45) is 0.919. The van der Waals surface area contributed by atoms with Crippen LogP contribution in [0.4, 0.5) is 17.3 Å². The van der Waals surface area contributed by atoms with Gasteiger partial charge < -0.3 is 15.5 Å². The third kappa shape index (κ3) is 4.08. The minimum absolute atomic E-state index is 0.00156. The Labute approximate surface area is 117 Å². The minimum Gasteiger partial charge on any atom is -0.370 e. The van der Waals surface area contributed by atoms with E-state index in [1.807, 2.05) is 6.92 Å². The van der Waals surface area contributed by atoms with E-state index in [0.29, 0.717) is 5.82 Å². The fraction of sp³-hybridized carbons (Fsp3) is 0.500. The Morgan fingerprint density at radius 3 is 2.75 bits per heavy atom. The highest BCUT2D eigenvalue weighted by Crippen LogP contribution is 2.26. The first-order valence-electron chi connectivity index (χ1n) is 6.30. The standard InChI is InChI=1S/C12H19N5O3/c1-4-7-14-10-6-5-9(17(19)20)12(15-10)16(3)8-11(18)13-2/h5-6H,4,7-8H2,1-3H3,(H,13,18)(H,14,15). The minimum atomic E-state index is -0.508. The number of nitrogens with one attached hydrogen (secondary N) is 2. The molecular formula is C12H19N5O3. The molecule has 0 aliphatic carbocycles. The molecule has 0 atom stereocenters. The van der Waals surface area contributed by atoms with Gasteiger partial charge in [0.15, 0.2) is 0 Å². The first-order chi connectivity index (χ1) is 9.49. The quantitative estimate of drug-likeness (QED) is 0.571. The van der Waals surface area contributed by atoms with Crippen molar-refractivity contribution in [3.8, 4) is 0 Å². The SMILES string of the molecule is CCCNc1ccc([N+](=O)[O-])c(N(C)CC(=O)NC)n1. The zero-order valence-electron chi connectivity index (χ0n) is 11.8. The maximum atomic E-state index is 11.4. The number of pyridine rings is 1. The van der Waals surface area contributed by atoms with Gasteiger partial charge in [0, 0.05) is 26.7 Å². The molecule has 2 N–H and O–H groups in total. The second-order valence-corrected chi connectivity index (χ2v) is 4.25. The van der Waals surface area contributed by atoms with E-state index in [4.69, 9.17) is 0 Å². The summed E-state index contributed by atoms with van der Waals surface area (Å²) >= 11 is 0. The van der Waals surface area contributed by atoms with Gasteiger partial charge in [-0.3, -0.25) is 14.9 Å². The molecule has 0 aromatic carbocycles. The summed E-state index contributed by atoms with van der Waals surface area (Å²) in [5, 5.41) is 16.6. The topological polar surface area (TPSA) is 100 Å². The lowest BCUT2D eigenvalue weighted by atomic mass is 10.3. The molecule has 20 heavy (non-hydrogen) atoms. The van der Waals surface area contributed by atoms with Crippen molar-refractivity contribution in [3.63, 3.8) is 0 Å². The number of hydrogen-bond donors (Lipinski definition) is 2. The highest BCUT2D eigenvalue weighted by molar-refractivity contribution is 5.81. The molecular weight excluding hydrogens is 262 g/mol. The van der Waals surface area contributed by atoms with Crippen LogP contribution in [0.15, 0.2) is 12.1 Å². The average molecular weight is 281 g/mol. The Bertz CT molecular complexity index is 492. The second-order valence-electron chi connectivity index (χ2n) is 4.25. The summed E-state index contributed by atoms with van der Waals surface area (Å²) in [6, 6.07) is 2.95. The van der Waals surface area contributed by atoms with Crippen molar-refractivity contribution in [2.45, 2.75) is 13.3 Å². The fourth-order valence-electron chi connectivity index (χ4n) is 1.59. The van der Waals surface area contributed by atoms with Crippen LogP contribution in [0.25, 0.3) is 0 Å². The maximum absolute atomic E-state index is 11.4. The molecule has 0 saturated heterocycles. The summed E-state index contributed by atoms with van der Waals surface area (Å²) in [4.78, 5) is 27.5. The summed E-state index contributed by atoms with van der Waals surface area (Å²) in [6.45, 7) is 2.74. The van der Waals surface area contributed by atoms with Gasteiger partial charge in [-0.1, -0.05) is 6.92 Å². The van der Waals surface area contributed by atoms with Gasteiger partial charge in [-0.15, -0.1) is 0 Å². The van der Waals surface area contributed by atoms with Gasteiger partial charge in [0.1, 0.15) is 5.82 Å². The largest absolute Gasteiger partial charge is 0.370 e. The lowest BCUT2D eigenvalue weighted by molar-refractivity contribution is -0.384. The molecule has 1 amide bonds.